The number of thiophene rings is 1. The molecule has 1 nitrogen and oxygen atoms in total. The van der Waals surface area contributed by atoms with Gasteiger partial charge in [-0.1, -0.05) is 13.3 Å². The molecule has 0 amide bonds. The van der Waals surface area contributed by atoms with Crippen molar-refractivity contribution in [1.29, 1.82) is 0 Å². The molecule has 0 aromatic carbocycles. The highest BCUT2D eigenvalue weighted by Crippen LogP contribution is 2.42. The fraction of sp³-hybridized carbons (Fsp3) is 0.636. The second-order valence-corrected chi connectivity index (χ2v) is 4.75. The minimum atomic E-state index is 0.725. The predicted octanol–water partition coefficient (Wildman–Crippen LogP) is 3.04. The van der Waals surface area contributed by atoms with Gasteiger partial charge in [0.15, 0.2) is 0 Å². The summed E-state index contributed by atoms with van der Waals surface area (Å²) in [6.45, 7) is 2.97. The Morgan fingerprint density at radius 1 is 1.54 bits per heavy atom. The van der Waals surface area contributed by atoms with Crippen molar-refractivity contribution in [2.75, 3.05) is 0 Å². The molecule has 1 aromatic rings. The fourth-order valence-corrected chi connectivity index (χ4v) is 3.17. The summed E-state index contributed by atoms with van der Waals surface area (Å²) >= 11 is 1.90. The molecule has 2 rings (SSSR count). The van der Waals surface area contributed by atoms with Crippen LogP contribution in [0.1, 0.15) is 48.1 Å². The first-order valence-corrected chi connectivity index (χ1v) is 6.04. The van der Waals surface area contributed by atoms with Crippen molar-refractivity contribution in [3.05, 3.63) is 21.4 Å². The molecule has 0 saturated heterocycles. The van der Waals surface area contributed by atoms with E-state index >= 15 is 0 Å². The van der Waals surface area contributed by atoms with Gasteiger partial charge in [0, 0.05) is 11.4 Å². The molecular weight excluding hydrogens is 178 g/mol. The highest BCUT2D eigenvalue weighted by atomic mass is 32.1. The summed E-state index contributed by atoms with van der Waals surface area (Å²) in [6.07, 6.45) is 5.36. The average Bonchev–Trinajstić information content (AvgIpc) is 2.45. The Morgan fingerprint density at radius 2 is 2.31 bits per heavy atom. The third-order valence-electron chi connectivity index (χ3n) is 3.04. The van der Waals surface area contributed by atoms with E-state index in [0.717, 1.165) is 12.5 Å². The minimum Gasteiger partial charge on any atom is -0.326 e. The lowest BCUT2D eigenvalue weighted by atomic mass is 9.78. The van der Waals surface area contributed by atoms with Gasteiger partial charge in [0.2, 0.25) is 0 Å². The summed E-state index contributed by atoms with van der Waals surface area (Å²) in [4.78, 5) is 1.57. The highest BCUT2D eigenvalue weighted by molar-refractivity contribution is 7.10. The molecule has 1 aliphatic rings. The summed E-state index contributed by atoms with van der Waals surface area (Å²) in [6, 6.07) is 0. The monoisotopic (exact) mass is 195 g/mol. The van der Waals surface area contributed by atoms with Crippen molar-refractivity contribution in [3.63, 3.8) is 0 Å². The second kappa shape index (κ2) is 3.81. The van der Waals surface area contributed by atoms with Crippen LogP contribution in [0, 0.1) is 0 Å². The molecule has 0 aliphatic heterocycles. The molecule has 0 atom stereocenters. The van der Waals surface area contributed by atoms with Crippen LogP contribution in [0.15, 0.2) is 5.38 Å². The van der Waals surface area contributed by atoms with Gasteiger partial charge in [-0.3, -0.25) is 0 Å². The molecule has 0 bridgehead atoms. The Labute approximate surface area is 84.0 Å². The topological polar surface area (TPSA) is 26.0 Å². The zero-order valence-electron chi connectivity index (χ0n) is 8.18. The smallest absolute Gasteiger partial charge is 0.0189 e. The van der Waals surface area contributed by atoms with E-state index in [2.05, 4.69) is 12.3 Å². The Morgan fingerprint density at radius 3 is 2.77 bits per heavy atom. The summed E-state index contributed by atoms with van der Waals surface area (Å²) in [5.41, 5.74) is 8.76. The van der Waals surface area contributed by atoms with Crippen molar-refractivity contribution < 1.29 is 0 Å². The van der Waals surface area contributed by atoms with Crippen molar-refractivity contribution in [2.24, 2.45) is 5.73 Å². The lowest BCUT2D eigenvalue weighted by Gasteiger charge is -2.27. The molecule has 2 heteroatoms. The normalized spacial score (nSPS) is 17.4. The van der Waals surface area contributed by atoms with E-state index in [0.29, 0.717) is 0 Å². The molecular formula is C11H17NS. The largest absolute Gasteiger partial charge is 0.326 e. The number of hydrogen-bond donors (Lipinski definition) is 1. The first kappa shape index (κ1) is 9.22. The summed E-state index contributed by atoms with van der Waals surface area (Å²) < 4.78 is 0. The van der Waals surface area contributed by atoms with E-state index in [1.54, 1.807) is 10.4 Å². The summed E-state index contributed by atoms with van der Waals surface area (Å²) in [5, 5.41) is 2.26. The van der Waals surface area contributed by atoms with Crippen molar-refractivity contribution in [3.8, 4) is 0 Å². The molecule has 0 radical (unpaired) electrons. The van der Waals surface area contributed by atoms with Crippen LogP contribution in [0.25, 0.3) is 0 Å². The maximum Gasteiger partial charge on any atom is 0.0189 e. The van der Waals surface area contributed by atoms with Gasteiger partial charge in [-0.15, -0.1) is 11.3 Å². The van der Waals surface area contributed by atoms with Gasteiger partial charge in [0.25, 0.3) is 0 Å². The molecule has 1 aliphatic carbocycles. The predicted molar refractivity (Wildman–Crippen MR) is 58.2 cm³/mol. The van der Waals surface area contributed by atoms with E-state index in [1.165, 1.54) is 31.2 Å². The molecule has 2 N–H and O–H groups in total. The molecule has 1 saturated carbocycles. The average molecular weight is 195 g/mol. The maximum absolute atomic E-state index is 5.74. The third-order valence-corrected chi connectivity index (χ3v) is 4.24. The molecule has 0 unspecified atom stereocenters. The number of nitrogens with two attached hydrogens (primary N) is 1. The van der Waals surface area contributed by atoms with Gasteiger partial charge in [-0.05, 0) is 41.7 Å². The first-order chi connectivity index (χ1) is 6.36. The van der Waals surface area contributed by atoms with E-state index in [9.17, 15) is 0 Å². The van der Waals surface area contributed by atoms with Gasteiger partial charge in [-0.25, -0.2) is 0 Å². The summed E-state index contributed by atoms with van der Waals surface area (Å²) in [7, 11) is 0. The lowest BCUT2D eigenvalue weighted by Crippen LogP contribution is -2.12. The number of rotatable bonds is 3. The van der Waals surface area contributed by atoms with Gasteiger partial charge in [-0.2, -0.15) is 0 Å². The van der Waals surface area contributed by atoms with Crippen LogP contribution < -0.4 is 5.73 Å². The zero-order chi connectivity index (χ0) is 9.26. The number of hydrogen-bond acceptors (Lipinski definition) is 2. The minimum absolute atomic E-state index is 0.725. The van der Waals surface area contributed by atoms with Crippen LogP contribution in [0.4, 0.5) is 0 Å². The van der Waals surface area contributed by atoms with E-state index in [-0.39, 0.29) is 0 Å². The third kappa shape index (κ3) is 1.53. The highest BCUT2D eigenvalue weighted by Gasteiger charge is 2.24. The van der Waals surface area contributed by atoms with Crippen LogP contribution in [-0.2, 0) is 13.0 Å². The zero-order valence-corrected chi connectivity index (χ0v) is 8.99. The Bertz CT molecular complexity index is 265. The lowest BCUT2D eigenvalue weighted by molar-refractivity contribution is 0.416. The van der Waals surface area contributed by atoms with Crippen LogP contribution in [-0.4, -0.2) is 0 Å². The molecule has 0 spiro atoms. The second-order valence-electron chi connectivity index (χ2n) is 3.78. The van der Waals surface area contributed by atoms with E-state index in [1.807, 2.05) is 11.3 Å². The van der Waals surface area contributed by atoms with E-state index < -0.39 is 0 Å². The number of aryl methyl sites for hydroxylation is 1. The van der Waals surface area contributed by atoms with Crippen LogP contribution >= 0.6 is 11.3 Å². The van der Waals surface area contributed by atoms with Crippen LogP contribution in [0.3, 0.4) is 0 Å². The van der Waals surface area contributed by atoms with Gasteiger partial charge in [0.05, 0.1) is 0 Å². The quantitative estimate of drug-likeness (QED) is 0.788. The maximum atomic E-state index is 5.74. The Kier molecular flexibility index (Phi) is 2.70. The summed E-state index contributed by atoms with van der Waals surface area (Å²) in [5.74, 6) is 0.847. The van der Waals surface area contributed by atoms with Crippen LogP contribution in [0.2, 0.25) is 0 Å². The molecule has 13 heavy (non-hydrogen) atoms. The SMILES string of the molecule is CCc1scc(CN)c1C1CCC1. The van der Waals surface area contributed by atoms with E-state index in [4.69, 9.17) is 5.73 Å². The molecule has 1 aromatic heterocycles. The van der Waals surface area contributed by atoms with Gasteiger partial charge in [0.1, 0.15) is 0 Å². The Hall–Kier alpha value is -0.340. The van der Waals surface area contributed by atoms with Crippen molar-refractivity contribution in [1.82, 2.24) is 0 Å². The first-order valence-electron chi connectivity index (χ1n) is 5.16. The fourth-order valence-electron chi connectivity index (χ4n) is 2.07. The standard InChI is InChI=1S/C11H17NS/c1-2-10-11(8-4-3-5-8)9(6-12)7-13-10/h7-8H,2-6,12H2,1H3. The Balaban J connectivity index is 2.31. The van der Waals surface area contributed by atoms with Crippen LogP contribution in [0.5, 0.6) is 0 Å². The molecule has 1 heterocycles. The molecule has 1 fully saturated rings. The van der Waals surface area contributed by atoms with Crippen molar-refractivity contribution in [2.45, 2.75) is 45.1 Å². The van der Waals surface area contributed by atoms with Crippen molar-refractivity contribution >= 4 is 11.3 Å². The van der Waals surface area contributed by atoms with Gasteiger partial charge >= 0.3 is 0 Å². The van der Waals surface area contributed by atoms with Gasteiger partial charge < -0.3 is 5.73 Å². The molecule has 72 valence electrons.